The van der Waals surface area contributed by atoms with Crippen LogP contribution in [0.1, 0.15) is 18.4 Å². The highest BCUT2D eigenvalue weighted by Crippen LogP contribution is 2.33. The summed E-state index contributed by atoms with van der Waals surface area (Å²) < 4.78 is 10.4. The average molecular weight is 361 g/mol. The first-order valence-corrected chi connectivity index (χ1v) is 8.04. The number of aryl methyl sites for hydroxylation is 1. The molecule has 1 atom stereocenters. The molecule has 26 heavy (non-hydrogen) atoms. The van der Waals surface area contributed by atoms with Crippen LogP contribution >= 0.6 is 0 Å². The van der Waals surface area contributed by atoms with E-state index in [2.05, 4.69) is 5.32 Å². The van der Waals surface area contributed by atoms with E-state index in [0.29, 0.717) is 29.4 Å². The highest BCUT2D eigenvalue weighted by Gasteiger charge is 2.30. The highest BCUT2D eigenvalue weighted by atomic mass is 16.6. The molecule has 1 amide bonds. The van der Waals surface area contributed by atoms with Gasteiger partial charge in [0.15, 0.2) is 0 Å². The van der Waals surface area contributed by atoms with Crippen molar-refractivity contribution in [2.75, 3.05) is 29.9 Å². The van der Waals surface area contributed by atoms with Crippen molar-refractivity contribution >= 4 is 23.2 Å². The number of rotatable bonds is 6. The molecule has 0 bridgehead atoms. The molecule has 1 aromatic heterocycles. The monoisotopic (exact) mass is 361 g/mol. The van der Waals surface area contributed by atoms with Gasteiger partial charge in [0.1, 0.15) is 23.7 Å². The predicted octanol–water partition coefficient (Wildman–Crippen LogP) is 2.77. The molecule has 138 valence electrons. The van der Waals surface area contributed by atoms with Gasteiger partial charge in [-0.25, -0.2) is 4.79 Å². The lowest BCUT2D eigenvalue weighted by Gasteiger charge is -2.24. The van der Waals surface area contributed by atoms with Crippen LogP contribution in [0.2, 0.25) is 0 Å². The third-order valence-electron chi connectivity index (χ3n) is 4.14. The van der Waals surface area contributed by atoms with Gasteiger partial charge in [0.2, 0.25) is 0 Å². The largest absolute Gasteiger partial charge is 0.463 e. The van der Waals surface area contributed by atoms with Crippen molar-refractivity contribution in [1.82, 2.24) is 0 Å². The maximum atomic E-state index is 11.9. The van der Waals surface area contributed by atoms with Crippen molar-refractivity contribution < 1.29 is 24.0 Å². The first kappa shape index (κ1) is 17.7. The minimum absolute atomic E-state index is 0.0770. The SMILES string of the molecule is Cc1ccc(C(C)(O)CNc2ccc([N+](=O)[O-])cc2N2CCOC2=O)o1. The Morgan fingerprint density at radius 1 is 1.38 bits per heavy atom. The molecule has 9 heteroatoms. The summed E-state index contributed by atoms with van der Waals surface area (Å²) in [6, 6.07) is 7.58. The number of hydrogen-bond donors (Lipinski definition) is 2. The molecule has 0 aliphatic carbocycles. The second-order valence-corrected chi connectivity index (χ2v) is 6.26. The number of nitrogens with zero attached hydrogens (tertiary/aromatic N) is 2. The number of amides is 1. The highest BCUT2D eigenvalue weighted by molar-refractivity contribution is 5.94. The molecule has 1 unspecified atom stereocenters. The van der Waals surface area contributed by atoms with E-state index in [9.17, 15) is 20.0 Å². The van der Waals surface area contributed by atoms with Crippen molar-refractivity contribution in [3.63, 3.8) is 0 Å². The van der Waals surface area contributed by atoms with Crippen LogP contribution in [0.4, 0.5) is 21.9 Å². The topological polar surface area (TPSA) is 118 Å². The molecule has 2 heterocycles. The van der Waals surface area contributed by atoms with Crippen molar-refractivity contribution in [3.05, 3.63) is 52.0 Å². The second-order valence-electron chi connectivity index (χ2n) is 6.26. The fourth-order valence-electron chi connectivity index (χ4n) is 2.70. The number of furan rings is 1. The minimum atomic E-state index is -1.31. The lowest BCUT2D eigenvalue weighted by molar-refractivity contribution is -0.384. The van der Waals surface area contributed by atoms with E-state index in [-0.39, 0.29) is 18.8 Å². The van der Waals surface area contributed by atoms with Crippen LogP contribution in [-0.2, 0) is 10.3 Å². The van der Waals surface area contributed by atoms with Gasteiger partial charge in [-0.1, -0.05) is 0 Å². The summed E-state index contributed by atoms with van der Waals surface area (Å²) in [7, 11) is 0. The number of hydrogen-bond acceptors (Lipinski definition) is 7. The number of anilines is 2. The van der Waals surface area contributed by atoms with Crippen LogP contribution in [0.15, 0.2) is 34.7 Å². The first-order chi connectivity index (χ1) is 12.3. The number of carbonyl (C=O) groups excluding carboxylic acids is 1. The Kier molecular flexibility index (Phi) is 4.56. The standard InChI is InChI=1S/C17H19N3O6/c1-11-3-6-15(26-11)17(2,22)10-18-13-5-4-12(20(23)24)9-14(13)19-7-8-25-16(19)21/h3-6,9,18,22H,7-8,10H2,1-2H3. The van der Waals surface area contributed by atoms with E-state index in [4.69, 9.17) is 9.15 Å². The molecule has 1 fully saturated rings. The average Bonchev–Trinajstić information content (AvgIpc) is 3.21. The van der Waals surface area contributed by atoms with Crippen LogP contribution in [0, 0.1) is 17.0 Å². The van der Waals surface area contributed by atoms with Crippen LogP contribution < -0.4 is 10.2 Å². The second kappa shape index (κ2) is 6.68. The lowest BCUT2D eigenvalue weighted by atomic mass is 10.0. The van der Waals surface area contributed by atoms with E-state index in [0.717, 1.165) is 0 Å². The molecular formula is C17H19N3O6. The van der Waals surface area contributed by atoms with Gasteiger partial charge >= 0.3 is 6.09 Å². The van der Waals surface area contributed by atoms with Crippen LogP contribution in [0.25, 0.3) is 0 Å². The molecule has 1 aromatic carbocycles. The summed E-state index contributed by atoms with van der Waals surface area (Å²) in [5.41, 5.74) is -0.650. The Hall–Kier alpha value is -3.07. The summed E-state index contributed by atoms with van der Waals surface area (Å²) in [6.45, 7) is 3.95. The number of carbonyl (C=O) groups is 1. The smallest absolute Gasteiger partial charge is 0.414 e. The maximum Gasteiger partial charge on any atom is 0.414 e. The summed E-state index contributed by atoms with van der Waals surface area (Å²) in [5.74, 6) is 1.07. The van der Waals surface area contributed by atoms with Gasteiger partial charge in [-0.15, -0.1) is 0 Å². The van der Waals surface area contributed by atoms with E-state index >= 15 is 0 Å². The van der Waals surface area contributed by atoms with Crippen molar-refractivity contribution in [3.8, 4) is 0 Å². The van der Waals surface area contributed by atoms with E-state index in [1.54, 1.807) is 26.0 Å². The Morgan fingerprint density at radius 3 is 2.73 bits per heavy atom. The van der Waals surface area contributed by atoms with Crippen molar-refractivity contribution in [2.45, 2.75) is 19.4 Å². The van der Waals surface area contributed by atoms with E-state index in [1.807, 2.05) is 0 Å². The van der Waals surface area contributed by atoms with Gasteiger partial charge in [0.05, 0.1) is 29.4 Å². The van der Waals surface area contributed by atoms with Gasteiger partial charge in [-0.05, 0) is 32.0 Å². The number of non-ortho nitro benzene ring substituents is 1. The Bertz CT molecular complexity index is 845. The van der Waals surface area contributed by atoms with Gasteiger partial charge in [0, 0.05) is 12.1 Å². The van der Waals surface area contributed by atoms with Crippen LogP contribution in [-0.4, -0.2) is 35.8 Å². The van der Waals surface area contributed by atoms with Crippen molar-refractivity contribution in [2.24, 2.45) is 0 Å². The zero-order chi connectivity index (χ0) is 18.9. The van der Waals surface area contributed by atoms with Gasteiger partial charge in [0.25, 0.3) is 5.69 Å². The molecule has 0 saturated carbocycles. The number of nitro groups is 1. The molecule has 2 aromatic rings. The predicted molar refractivity (Wildman–Crippen MR) is 93.3 cm³/mol. The van der Waals surface area contributed by atoms with Crippen molar-refractivity contribution in [1.29, 1.82) is 0 Å². The summed E-state index contributed by atoms with van der Waals surface area (Å²) in [4.78, 5) is 23.7. The molecule has 1 aliphatic rings. The Labute approximate surface area is 149 Å². The number of benzene rings is 1. The zero-order valence-corrected chi connectivity index (χ0v) is 14.4. The van der Waals surface area contributed by atoms with Gasteiger partial charge < -0.3 is 19.6 Å². The van der Waals surface area contributed by atoms with Gasteiger partial charge in [-0.2, -0.15) is 0 Å². The van der Waals surface area contributed by atoms with E-state index in [1.165, 1.54) is 23.1 Å². The molecule has 2 N–H and O–H groups in total. The third-order valence-corrected chi connectivity index (χ3v) is 4.14. The molecular weight excluding hydrogens is 342 g/mol. The van der Waals surface area contributed by atoms with Crippen LogP contribution in [0.3, 0.4) is 0 Å². The quantitative estimate of drug-likeness (QED) is 0.600. The first-order valence-electron chi connectivity index (χ1n) is 8.04. The molecule has 1 aliphatic heterocycles. The lowest BCUT2D eigenvalue weighted by Crippen LogP contribution is -2.31. The van der Waals surface area contributed by atoms with Crippen LogP contribution in [0.5, 0.6) is 0 Å². The number of cyclic esters (lactones) is 1. The molecule has 3 rings (SSSR count). The molecule has 9 nitrogen and oxygen atoms in total. The Balaban J connectivity index is 1.87. The Morgan fingerprint density at radius 2 is 2.15 bits per heavy atom. The summed E-state index contributed by atoms with van der Waals surface area (Å²) in [6.07, 6.45) is -0.568. The summed E-state index contributed by atoms with van der Waals surface area (Å²) >= 11 is 0. The normalized spacial score (nSPS) is 16.3. The number of ether oxygens (including phenoxy) is 1. The summed E-state index contributed by atoms with van der Waals surface area (Å²) in [5, 5.41) is 24.7. The number of nitro benzene ring substituents is 1. The number of aliphatic hydroxyl groups is 1. The minimum Gasteiger partial charge on any atom is -0.463 e. The molecule has 0 radical (unpaired) electrons. The van der Waals surface area contributed by atoms with Gasteiger partial charge in [-0.3, -0.25) is 15.0 Å². The molecule has 0 spiro atoms. The fourth-order valence-corrected chi connectivity index (χ4v) is 2.70. The number of nitrogens with one attached hydrogen (secondary N) is 1. The molecule has 1 saturated heterocycles. The van der Waals surface area contributed by atoms with E-state index < -0.39 is 16.6 Å². The maximum absolute atomic E-state index is 11.9. The zero-order valence-electron chi connectivity index (χ0n) is 14.4. The third kappa shape index (κ3) is 3.47. The fraction of sp³-hybridized carbons (Fsp3) is 0.353.